The maximum Gasteiger partial charge on any atom is 0.276 e. The van der Waals surface area contributed by atoms with Gasteiger partial charge < -0.3 is 4.90 Å². The van der Waals surface area contributed by atoms with E-state index in [2.05, 4.69) is 20.3 Å². The predicted molar refractivity (Wildman–Crippen MR) is 112 cm³/mol. The molecule has 29 heavy (non-hydrogen) atoms. The van der Waals surface area contributed by atoms with Gasteiger partial charge in [-0.05, 0) is 51.8 Å². The Hall–Kier alpha value is -2.74. The van der Waals surface area contributed by atoms with E-state index >= 15 is 0 Å². The standard InChI is InChI=1S/C21H24N6OS/c1-14-6-8-17(9-7-14)27-18(13-29-21-22-15(2)12-16(3)23-21)19(24-25-27)20(28)26-10-4-5-11-26/h6-9,12H,4-5,10-11,13H2,1-3H3. The SMILES string of the molecule is Cc1ccc(-n2nnc(C(=O)N3CCCC3)c2CSc2nc(C)cc(C)n2)cc1. The van der Waals surface area contributed by atoms with E-state index in [4.69, 9.17) is 0 Å². The Bertz CT molecular complexity index is 1000. The van der Waals surface area contributed by atoms with Gasteiger partial charge in [-0.3, -0.25) is 4.79 Å². The Morgan fingerprint density at radius 1 is 1.03 bits per heavy atom. The van der Waals surface area contributed by atoms with E-state index in [1.165, 1.54) is 17.3 Å². The second kappa shape index (κ2) is 8.32. The van der Waals surface area contributed by atoms with Gasteiger partial charge in [-0.1, -0.05) is 34.7 Å². The number of carbonyl (C=O) groups is 1. The summed E-state index contributed by atoms with van der Waals surface area (Å²) < 4.78 is 1.76. The zero-order valence-electron chi connectivity index (χ0n) is 16.9. The first-order valence-corrected chi connectivity index (χ1v) is 10.8. The number of thioether (sulfide) groups is 1. The van der Waals surface area contributed by atoms with Gasteiger partial charge in [-0.2, -0.15) is 0 Å². The highest BCUT2D eigenvalue weighted by Gasteiger charge is 2.27. The molecule has 1 amide bonds. The molecule has 1 aromatic carbocycles. The predicted octanol–water partition coefficient (Wildman–Crippen LogP) is 3.51. The largest absolute Gasteiger partial charge is 0.337 e. The number of hydrogen-bond donors (Lipinski definition) is 0. The fraction of sp³-hybridized carbons (Fsp3) is 0.381. The van der Waals surface area contributed by atoms with Crippen molar-refractivity contribution in [1.82, 2.24) is 29.9 Å². The van der Waals surface area contributed by atoms with Crippen LogP contribution in [0.3, 0.4) is 0 Å². The number of rotatable bonds is 5. The van der Waals surface area contributed by atoms with Crippen molar-refractivity contribution in [1.29, 1.82) is 0 Å². The van der Waals surface area contributed by atoms with Gasteiger partial charge in [0.05, 0.1) is 11.4 Å². The lowest BCUT2D eigenvalue weighted by Gasteiger charge is -2.14. The van der Waals surface area contributed by atoms with E-state index in [0.717, 1.165) is 48.7 Å². The average Bonchev–Trinajstić information content (AvgIpc) is 3.36. The summed E-state index contributed by atoms with van der Waals surface area (Å²) in [6.45, 7) is 7.52. The number of hydrogen-bond acceptors (Lipinski definition) is 6. The van der Waals surface area contributed by atoms with Crippen LogP contribution in [0, 0.1) is 20.8 Å². The van der Waals surface area contributed by atoms with Crippen LogP contribution in [-0.4, -0.2) is 48.9 Å². The maximum atomic E-state index is 13.1. The molecule has 1 fully saturated rings. The van der Waals surface area contributed by atoms with E-state index < -0.39 is 0 Å². The lowest BCUT2D eigenvalue weighted by atomic mass is 10.2. The quantitative estimate of drug-likeness (QED) is 0.475. The van der Waals surface area contributed by atoms with Crippen LogP contribution in [0.5, 0.6) is 0 Å². The van der Waals surface area contributed by atoms with Crippen molar-refractivity contribution in [2.45, 2.75) is 44.5 Å². The minimum atomic E-state index is -0.0437. The molecular formula is C21H24N6OS. The third-order valence-electron chi connectivity index (χ3n) is 4.94. The molecule has 0 saturated carbocycles. The van der Waals surface area contributed by atoms with Gasteiger partial charge >= 0.3 is 0 Å². The van der Waals surface area contributed by atoms with Crippen molar-refractivity contribution in [3.8, 4) is 5.69 Å². The van der Waals surface area contributed by atoms with Crippen LogP contribution < -0.4 is 0 Å². The molecule has 0 atom stereocenters. The minimum absolute atomic E-state index is 0.0437. The Morgan fingerprint density at radius 2 is 1.69 bits per heavy atom. The lowest BCUT2D eigenvalue weighted by molar-refractivity contribution is 0.0786. The number of aryl methyl sites for hydroxylation is 3. The van der Waals surface area contributed by atoms with Crippen LogP contribution in [0.1, 0.15) is 46.0 Å². The summed E-state index contributed by atoms with van der Waals surface area (Å²) in [5.41, 5.74) is 5.11. The lowest BCUT2D eigenvalue weighted by Crippen LogP contribution is -2.28. The van der Waals surface area contributed by atoms with E-state index in [0.29, 0.717) is 16.6 Å². The van der Waals surface area contributed by atoms with Crippen molar-refractivity contribution in [2.24, 2.45) is 0 Å². The van der Waals surface area contributed by atoms with Gasteiger partial charge in [0.1, 0.15) is 0 Å². The summed E-state index contributed by atoms with van der Waals surface area (Å²) in [5.74, 6) is 0.469. The first kappa shape index (κ1) is 19.6. The van der Waals surface area contributed by atoms with Gasteiger partial charge in [-0.25, -0.2) is 14.6 Å². The van der Waals surface area contributed by atoms with Crippen molar-refractivity contribution < 1.29 is 4.79 Å². The van der Waals surface area contributed by atoms with Gasteiger partial charge in [0.2, 0.25) is 0 Å². The molecule has 0 N–H and O–H groups in total. The summed E-state index contributed by atoms with van der Waals surface area (Å²) in [6, 6.07) is 10.0. The number of nitrogens with zero attached hydrogens (tertiary/aromatic N) is 6. The van der Waals surface area contributed by atoms with Crippen LogP contribution in [0.4, 0.5) is 0 Å². The maximum absolute atomic E-state index is 13.1. The highest BCUT2D eigenvalue weighted by molar-refractivity contribution is 7.98. The van der Waals surface area contributed by atoms with Crippen LogP contribution in [-0.2, 0) is 5.75 Å². The average molecular weight is 409 g/mol. The molecule has 0 spiro atoms. The molecule has 7 nitrogen and oxygen atoms in total. The molecule has 8 heteroatoms. The number of benzene rings is 1. The van der Waals surface area contributed by atoms with E-state index in [9.17, 15) is 4.79 Å². The number of likely N-dealkylation sites (tertiary alicyclic amines) is 1. The Labute approximate surface area is 174 Å². The van der Waals surface area contributed by atoms with Crippen LogP contribution in [0.15, 0.2) is 35.5 Å². The van der Waals surface area contributed by atoms with Gasteiger partial charge in [0, 0.05) is 30.2 Å². The molecule has 1 saturated heterocycles. The topological polar surface area (TPSA) is 76.8 Å². The van der Waals surface area contributed by atoms with Crippen LogP contribution >= 0.6 is 11.8 Å². The Balaban J connectivity index is 1.68. The second-order valence-electron chi connectivity index (χ2n) is 7.35. The summed E-state index contributed by atoms with van der Waals surface area (Å²) in [6.07, 6.45) is 2.08. The molecule has 150 valence electrons. The van der Waals surface area contributed by atoms with E-state index in [-0.39, 0.29) is 5.91 Å². The van der Waals surface area contributed by atoms with Crippen molar-refractivity contribution in [3.63, 3.8) is 0 Å². The molecule has 1 aliphatic heterocycles. The van der Waals surface area contributed by atoms with E-state index in [1.807, 2.05) is 56.0 Å². The molecule has 3 heterocycles. The summed E-state index contributed by atoms with van der Waals surface area (Å²) in [7, 11) is 0. The van der Waals surface area contributed by atoms with Gasteiger partial charge in [-0.15, -0.1) is 5.10 Å². The first-order valence-electron chi connectivity index (χ1n) is 9.77. The zero-order chi connectivity index (χ0) is 20.4. The van der Waals surface area contributed by atoms with Gasteiger partial charge in [0.25, 0.3) is 5.91 Å². The molecule has 2 aromatic heterocycles. The summed E-state index contributed by atoms with van der Waals surface area (Å²) in [5, 5.41) is 9.29. The fourth-order valence-corrected chi connectivity index (χ4v) is 4.39. The molecule has 0 radical (unpaired) electrons. The highest BCUT2D eigenvalue weighted by Crippen LogP contribution is 2.25. The van der Waals surface area contributed by atoms with E-state index in [1.54, 1.807) is 4.68 Å². The van der Waals surface area contributed by atoms with Crippen LogP contribution in [0.2, 0.25) is 0 Å². The number of amides is 1. The Kier molecular flexibility index (Phi) is 5.62. The Morgan fingerprint density at radius 3 is 2.34 bits per heavy atom. The van der Waals surface area contributed by atoms with Crippen molar-refractivity contribution in [2.75, 3.05) is 13.1 Å². The summed E-state index contributed by atoms with van der Waals surface area (Å²) >= 11 is 1.50. The molecular weight excluding hydrogens is 384 g/mol. The smallest absolute Gasteiger partial charge is 0.276 e. The molecule has 0 aliphatic carbocycles. The molecule has 0 unspecified atom stereocenters. The number of aromatic nitrogens is 5. The minimum Gasteiger partial charge on any atom is -0.337 e. The van der Waals surface area contributed by atoms with Crippen molar-refractivity contribution in [3.05, 3.63) is 58.7 Å². The summed E-state index contributed by atoms with van der Waals surface area (Å²) in [4.78, 5) is 23.9. The van der Waals surface area contributed by atoms with Crippen molar-refractivity contribution >= 4 is 17.7 Å². The third-order valence-corrected chi connectivity index (χ3v) is 5.80. The zero-order valence-corrected chi connectivity index (χ0v) is 17.7. The monoisotopic (exact) mass is 408 g/mol. The second-order valence-corrected chi connectivity index (χ2v) is 8.30. The molecule has 1 aliphatic rings. The molecule has 4 rings (SSSR count). The fourth-order valence-electron chi connectivity index (χ4n) is 3.45. The number of carbonyl (C=O) groups excluding carboxylic acids is 1. The molecule has 0 bridgehead atoms. The van der Waals surface area contributed by atoms with Gasteiger partial charge in [0.15, 0.2) is 10.9 Å². The third kappa shape index (κ3) is 4.32. The normalized spacial score (nSPS) is 13.8. The highest BCUT2D eigenvalue weighted by atomic mass is 32.2. The first-order chi connectivity index (χ1) is 14.0. The molecule has 3 aromatic rings. The van der Waals surface area contributed by atoms with Crippen LogP contribution in [0.25, 0.3) is 5.69 Å².